The molecule has 4 rings (SSSR count). The van der Waals surface area contributed by atoms with E-state index in [0.717, 1.165) is 33.2 Å². The molecule has 0 fully saturated rings. The minimum atomic E-state index is -1.36. The Morgan fingerprint density at radius 2 is 2.00 bits per heavy atom. The zero-order chi connectivity index (χ0) is 24.6. The van der Waals surface area contributed by atoms with Gasteiger partial charge in [-0.25, -0.2) is 4.21 Å². The van der Waals surface area contributed by atoms with Gasteiger partial charge in [-0.2, -0.15) is 0 Å². The molecule has 1 aliphatic rings. The molecule has 3 aromatic rings. The second kappa shape index (κ2) is 9.63. The van der Waals surface area contributed by atoms with Gasteiger partial charge < -0.3 is 9.46 Å². The summed E-state index contributed by atoms with van der Waals surface area (Å²) < 4.78 is 21.8. The lowest BCUT2D eigenvalue weighted by molar-refractivity contribution is -0.146. The molecule has 3 atom stereocenters. The summed E-state index contributed by atoms with van der Waals surface area (Å²) in [6.45, 7) is 11.6. The van der Waals surface area contributed by atoms with E-state index in [2.05, 4.69) is 35.3 Å². The number of aliphatic imine (C=N–C) groups is 1. The fourth-order valence-corrected chi connectivity index (χ4v) is 5.81. The summed E-state index contributed by atoms with van der Waals surface area (Å²) in [5.41, 5.74) is 4.51. The number of nitrogens with one attached hydrogen (secondary N) is 1. The summed E-state index contributed by atoms with van der Waals surface area (Å²) >= 11 is 1.66. The van der Waals surface area contributed by atoms with E-state index < -0.39 is 22.9 Å². The van der Waals surface area contributed by atoms with Crippen LogP contribution in [0.15, 0.2) is 41.2 Å². The van der Waals surface area contributed by atoms with E-state index >= 15 is 0 Å². The quantitative estimate of drug-likeness (QED) is 0.483. The lowest BCUT2D eigenvalue weighted by Gasteiger charge is -2.20. The summed E-state index contributed by atoms with van der Waals surface area (Å²) in [4.78, 5) is 19.1. The number of nitrogens with zero attached hydrogens (tertiary/aromatic N) is 4. The van der Waals surface area contributed by atoms with E-state index in [1.807, 2.05) is 42.7 Å². The van der Waals surface area contributed by atoms with Crippen LogP contribution in [0.3, 0.4) is 0 Å². The average molecular weight is 498 g/mol. The van der Waals surface area contributed by atoms with Gasteiger partial charge in [-0.3, -0.25) is 14.4 Å². The third-order valence-corrected chi connectivity index (χ3v) is 7.97. The van der Waals surface area contributed by atoms with Gasteiger partial charge >= 0.3 is 5.97 Å². The van der Waals surface area contributed by atoms with Crippen LogP contribution in [0.25, 0.3) is 5.00 Å². The van der Waals surface area contributed by atoms with Crippen LogP contribution in [0.5, 0.6) is 0 Å². The molecule has 1 aromatic carbocycles. The maximum absolute atomic E-state index is 12.7. The van der Waals surface area contributed by atoms with Crippen molar-refractivity contribution in [3.8, 4) is 5.00 Å². The van der Waals surface area contributed by atoms with Gasteiger partial charge in [0.05, 0.1) is 18.7 Å². The number of ether oxygens (including phenoxy) is 1. The van der Waals surface area contributed by atoms with Crippen LogP contribution in [0.4, 0.5) is 5.69 Å². The highest BCUT2D eigenvalue weighted by Crippen LogP contribution is 2.41. The topological polar surface area (TPSA) is 98.5 Å². The second-order valence-corrected chi connectivity index (χ2v) is 10.3. The van der Waals surface area contributed by atoms with Crippen LogP contribution in [0.1, 0.15) is 52.6 Å². The van der Waals surface area contributed by atoms with Crippen molar-refractivity contribution in [1.29, 1.82) is 0 Å². The Morgan fingerprint density at radius 1 is 1.29 bits per heavy atom. The predicted molar refractivity (Wildman–Crippen MR) is 136 cm³/mol. The average Bonchev–Trinajstić information content (AvgIpc) is 3.31. The Balaban J connectivity index is 1.94. The number of esters is 1. The van der Waals surface area contributed by atoms with Crippen molar-refractivity contribution in [2.75, 3.05) is 11.8 Å². The molecule has 0 spiro atoms. The third kappa shape index (κ3) is 4.12. The summed E-state index contributed by atoms with van der Waals surface area (Å²) in [6, 6.07) is 7.03. The molecule has 0 amide bonds. The molecule has 0 aliphatic carbocycles. The molecular formula is C24H27N5O3S2. The van der Waals surface area contributed by atoms with Crippen molar-refractivity contribution < 1.29 is 13.7 Å². The van der Waals surface area contributed by atoms with Crippen molar-refractivity contribution in [2.24, 2.45) is 10.9 Å². The number of hydrogen-bond acceptors (Lipinski definition) is 7. The monoisotopic (exact) mass is 497 g/mol. The Bertz CT molecular complexity index is 1310. The number of thiophene rings is 1. The van der Waals surface area contributed by atoms with Crippen LogP contribution in [-0.4, -0.2) is 37.8 Å². The number of methoxy groups -OCH3 is 1. The SMILES string of the molecule is C=CS(=O)Nc1ccc(C2=NC(C(CC)C(=O)OC)c3nnc(C)n3-c3sc(C)c(C)c32)cc1. The van der Waals surface area contributed by atoms with E-state index in [-0.39, 0.29) is 5.97 Å². The number of fused-ring (bicyclic) bond motifs is 3. The minimum absolute atomic E-state index is 0.326. The first-order valence-corrected chi connectivity index (χ1v) is 12.9. The van der Waals surface area contributed by atoms with Gasteiger partial charge in [-0.1, -0.05) is 25.6 Å². The molecular weight excluding hydrogens is 470 g/mol. The maximum atomic E-state index is 12.7. The number of hydrogen-bond donors (Lipinski definition) is 1. The molecule has 3 heterocycles. The van der Waals surface area contributed by atoms with E-state index in [4.69, 9.17) is 9.73 Å². The van der Waals surface area contributed by atoms with Gasteiger partial charge in [0.2, 0.25) is 0 Å². The highest BCUT2D eigenvalue weighted by atomic mass is 32.2. The molecule has 178 valence electrons. The highest BCUT2D eigenvalue weighted by molar-refractivity contribution is 7.89. The van der Waals surface area contributed by atoms with E-state index in [1.54, 1.807) is 11.3 Å². The first kappa shape index (κ1) is 24.0. The summed E-state index contributed by atoms with van der Waals surface area (Å²) in [6.07, 6.45) is 0.544. The van der Waals surface area contributed by atoms with Crippen LogP contribution in [-0.2, 0) is 20.5 Å². The first-order valence-electron chi connectivity index (χ1n) is 10.9. The number of rotatable bonds is 7. The minimum Gasteiger partial charge on any atom is -0.469 e. The molecule has 1 aliphatic heterocycles. The van der Waals surface area contributed by atoms with E-state index in [1.165, 1.54) is 17.4 Å². The molecule has 2 aromatic heterocycles. The lowest BCUT2D eigenvalue weighted by Crippen LogP contribution is -2.24. The number of benzene rings is 1. The molecule has 0 radical (unpaired) electrons. The zero-order valence-corrected chi connectivity index (χ0v) is 21.4. The molecule has 10 heteroatoms. The smallest absolute Gasteiger partial charge is 0.311 e. The fraction of sp³-hybridized carbons (Fsp3) is 0.333. The molecule has 8 nitrogen and oxygen atoms in total. The van der Waals surface area contributed by atoms with Crippen LogP contribution in [0, 0.1) is 26.7 Å². The standard InChI is InChI=1S/C24H27N5O3S2/c1-7-18(24(30)32-6)21-22-27-26-15(5)29(22)23-19(13(3)14(4)33-23)20(25-21)16-9-11-17(12-10-16)28-34(31)8-2/h8-12,18,21,28H,2,7H2,1,3-6H3. The van der Waals surface area contributed by atoms with Gasteiger partial charge in [-0.05, 0) is 44.9 Å². The Morgan fingerprint density at radius 3 is 2.62 bits per heavy atom. The zero-order valence-electron chi connectivity index (χ0n) is 19.8. The van der Waals surface area contributed by atoms with Crippen LogP contribution in [0.2, 0.25) is 0 Å². The van der Waals surface area contributed by atoms with Crippen molar-refractivity contribution in [3.05, 3.63) is 69.5 Å². The predicted octanol–water partition coefficient (Wildman–Crippen LogP) is 4.56. The molecule has 0 saturated carbocycles. The highest BCUT2D eigenvalue weighted by Gasteiger charge is 2.38. The van der Waals surface area contributed by atoms with Crippen molar-refractivity contribution in [1.82, 2.24) is 14.8 Å². The summed E-state index contributed by atoms with van der Waals surface area (Å²) in [5.74, 6) is 0.540. The van der Waals surface area contributed by atoms with Crippen LogP contribution < -0.4 is 4.72 Å². The van der Waals surface area contributed by atoms with Crippen molar-refractivity contribution in [2.45, 2.75) is 40.2 Å². The molecule has 34 heavy (non-hydrogen) atoms. The number of carbonyl (C=O) groups excluding carboxylic acids is 1. The van der Waals surface area contributed by atoms with Gasteiger partial charge in [0.1, 0.15) is 27.9 Å². The first-order chi connectivity index (χ1) is 16.3. The molecule has 0 saturated heterocycles. The summed E-state index contributed by atoms with van der Waals surface area (Å²) in [7, 11) is 0.0373. The third-order valence-electron chi connectivity index (χ3n) is 6.04. The Kier molecular flexibility index (Phi) is 6.81. The second-order valence-electron chi connectivity index (χ2n) is 8.01. The van der Waals surface area contributed by atoms with Crippen molar-refractivity contribution >= 4 is 39.7 Å². The van der Waals surface area contributed by atoms with Gasteiger partial charge in [0.15, 0.2) is 5.82 Å². The van der Waals surface area contributed by atoms with E-state index in [0.29, 0.717) is 17.9 Å². The number of anilines is 1. The number of aromatic nitrogens is 3. The van der Waals surface area contributed by atoms with Gasteiger partial charge in [-0.15, -0.1) is 21.5 Å². The normalized spacial score (nSPS) is 16.5. The number of aryl methyl sites for hydroxylation is 2. The lowest BCUT2D eigenvalue weighted by atomic mass is 9.95. The van der Waals surface area contributed by atoms with E-state index in [9.17, 15) is 9.00 Å². The number of carbonyl (C=O) groups is 1. The molecule has 3 unspecified atom stereocenters. The Hall–Kier alpha value is -3.11. The Labute approximate surface area is 205 Å². The molecule has 1 N–H and O–H groups in total. The van der Waals surface area contributed by atoms with Crippen molar-refractivity contribution in [3.63, 3.8) is 0 Å². The largest absolute Gasteiger partial charge is 0.469 e. The van der Waals surface area contributed by atoms with Gasteiger partial charge in [0, 0.05) is 27.1 Å². The van der Waals surface area contributed by atoms with Crippen LogP contribution >= 0.6 is 11.3 Å². The fourth-order valence-electron chi connectivity index (χ4n) is 4.14. The summed E-state index contributed by atoms with van der Waals surface area (Å²) in [5, 5.41) is 11.1. The van der Waals surface area contributed by atoms with Gasteiger partial charge in [0.25, 0.3) is 0 Å². The molecule has 0 bridgehead atoms. The maximum Gasteiger partial charge on any atom is 0.311 e.